The van der Waals surface area contributed by atoms with E-state index in [2.05, 4.69) is 18.7 Å². The van der Waals surface area contributed by atoms with Crippen LogP contribution < -0.4 is 0 Å². The van der Waals surface area contributed by atoms with Crippen molar-refractivity contribution in [1.29, 1.82) is 0 Å². The summed E-state index contributed by atoms with van der Waals surface area (Å²) in [6.45, 7) is 3.66. The van der Waals surface area contributed by atoms with Crippen LogP contribution in [0.4, 0.5) is 0 Å². The summed E-state index contributed by atoms with van der Waals surface area (Å²) in [6, 6.07) is 15.4. The van der Waals surface area contributed by atoms with Crippen LogP contribution in [0, 0.1) is 0 Å². The van der Waals surface area contributed by atoms with Gasteiger partial charge in [-0.25, -0.2) is 4.79 Å². The number of fused-ring (bicyclic) bond motifs is 1. The number of benzene rings is 2. The lowest BCUT2D eigenvalue weighted by Gasteiger charge is -2.25. The monoisotopic (exact) mass is 308 g/mol. The molecule has 1 atom stereocenters. The van der Waals surface area contributed by atoms with E-state index in [9.17, 15) is 4.79 Å². The number of carbonyl (C=O) groups excluding carboxylic acids is 1. The number of hydrogen-bond donors (Lipinski definition) is 0. The molecule has 0 radical (unpaired) electrons. The van der Waals surface area contributed by atoms with Crippen LogP contribution in [0.5, 0.6) is 0 Å². The third kappa shape index (κ3) is 3.69. The van der Waals surface area contributed by atoms with E-state index < -0.39 is 0 Å². The van der Waals surface area contributed by atoms with E-state index in [-0.39, 0.29) is 18.9 Å². The number of hydrogen-bond acceptors (Lipinski definition) is 3. The maximum absolute atomic E-state index is 12.0. The van der Waals surface area contributed by atoms with Crippen molar-refractivity contribution in [2.75, 3.05) is 6.79 Å². The highest BCUT2D eigenvalue weighted by Gasteiger charge is 2.20. The molecular weight excluding hydrogens is 288 g/mol. The third-order valence-corrected chi connectivity index (χ3v) is 4.16. The quantitative estimate of drug-likeness (QED) is 0.601. The van der Waals surface area contributed by atoms with Gasteiger partial charge in [-0.05, 0) is 48.1 Å². The predicted octanol–water partition coefficient (Wildman–Crippen LogP) is 4.54. The maximum atomic E-state index is 12.0. The third-order valence-electron chi connectivity index (χ3n) is 4.16. The molecule has 23 heavy (non-hydrogen) atoms. The summed E-state index contributed by atoms with van der Waals surface area (Å²) in [5, 5.41) is 0. The molecule has 0 heterocycles. The summed E-state index contributed by atoms with van der Waals surface area (Å²) in [4.78, 5) is 12.0. The number of esters is 1. The van der Waals surface area contributed by atoms with Gasteiger partial charge in [-0.3, -0.25) is 0 Å². The molecule has 0 aromatic heterocycles. The summed E-state index contributed by atoms with van der Waals surface area (Å²) in [7, 11) is 0. The van der Waals surface area contributed by atoms with Gasteiger partial charge in [-0.1, -0.05) is 49.1 Å². The Hall–Kier alpha value is -2.39. The van der Waals surface area contributed by atoms with Crippen LogP contribution in [-0.4, -0.2) is 12.8 Å². The van der Waals surface area contributed by atoms with Gasteiger partial charge in [-0.15, -0.1) is 0 Å². The molecule has 0 amide bonds. The van der Waals surface area contributed by atoms with E-state index in [0.29, 0.717) is 5.56 Å². The van der Waals surface area contributed by atoms with E-state index in [1.165, 1.54) is 11.1 Å². The molecule has 3 heteroatoms. The summed E-state index contributed by atoms with van der Waals surface area (Å²) in [5.74, 6) is -0.371. The van der Waals surface area contributed by atoms with Crippen molar-refractivity contribution in [3.05, 3.63) is 77.4 Å². The Morgan fingerprint density at radius 3 is 2.74 bits per heavy atom. The molecule has 0 aliphatic heterocycles. The first-order valence-electron chi connectivity index (χ1n) is 7.87. The van der Waals surface area contributed by atoms with Gasteiger partial charge >= 0.3 is 5.97 Å². The fraction of sp³-hybridized carbons (Fsp3) is 0.250. The average molecular weight is 308 g/mol. The van der Waals surface area contributed by atoms with Crippen LogP contribution in [0.25, 0.3) is 6.08 Å². The topological polar surface area (TPSA) is 35.5 Å². The van der Waals surface area contributed by atoms with E-state index in [0.717, 1.165) is 24.8 Å². The second kappa shape index (κ2) is 7.25. The molecule has 0 N–H and O–H groups in total. The summed E-state index contributed by atoms with van der Waals surface area (Å²) < 4.78 is 11.0. The molecule has 2 aromatic rings. The number of rotatable bonds is 5. The number of carbonyl (C=O) groups is 1. The fourth-order valence-electron chi connectivity index (χ4n) is 2.89. The zero-order chi connectivity index (χ0) is 16.1. The molecule has 2 aromatic carbocycles. The van der Waals surface area contributed by atoms with Gasteiger partial charge in [0.05, 0.1) is 11.7 Å². The van der Waals surface area contributed by atoms with Crippen LogP contribution >= 0.6 is 0 Å². The van der Waals surface area contributed by atoms with Gasteiger partial charge in [0.1, 0.15) is 0 Å². The normalized spacial score (nSPS) is 16.4. The Balaban J connectivity index is 1.55. The van der Waals surface area contributed by atoms with Crippen molar-refractivity contribution in [2.24, 2.45) is 0 Å². The fourth-order valence-corrected chi connectivity index (χ4v) is 2.89. The molecule has 1 aliphatic carbocycles. The van der Waals surface area contributed by atoms with Crippen molar-refractivity contribution < 1.29 is 14.3 Å². The Bertz CT molecular complexity index is 688. The van der Waals surface area contributed by atoms with Crippen molar-refractivity contribution in [3.63, 3.8) is 0 Å². The smallest absolute Gasteiger partial charge is 0.340 e. The Morgan fingerprint density at radius 2 is 1.96 bits per heavy atom. The highest BCUT2D eigenvalue weighted by molar-refractivity contribution is 5.89. The zero-order valence-electron chi connectivity index (χ0n) is 13.0. The molecule has 0 bridgehead atoms. The summed E-state index contributed by atoms with van der Waals surface area (Å²) >= 11 is 0. The predicted molar refractivity (Wildman–Crippen MR) is 90.0 cm³/mol. The van der Waals surface area contributed by atoms with Crippen LogP contribution in [-0.2, 0) is 15.9 Å². The molecule has 3 nitrogen and oxygen atoms in total. The van der Waals surface area contributed by atoms with Crippen LogP contribution in [0.15, 0.2) is 55.1 Å². The average Bonchev–Trinajstić information content (AvgIpc) is 2.62. The maximum Gasteiger partial charge on any atom is 0.340 e. The lowest BCUT2D eigenvalue weighted by Crippen LogP contribution is -2.16. The molecule has 0 fully saturated rings. The van der Waals surface area contributed by atoms with Crippen LogP contribution in [0.2, 0.25) is 0 Å². The second-order valence-electron chi connectivity index (χ2n) is 5.62. The Morgan fingerprint density at radius 1 is 1.17 bits per heavy atom. The highest BCUT2D eigenvalue weighted by Crippen LogP contribution is 2.32. The largest absolute Gasteiger partial charge is 0.435 e. The highest BCUT2D eigenvalue weighted by atomic mass is 16.7. The molecular formula is C20H20O3. The standard InChI is InChI=1S/C20H20O3/c1-2-15-10-12-17(13-11-15)20(21)23-14-22-19-9-5-7-16-6-3-4-8-18(16)19/h2-4,6,8,10-13,19H,1,5,7,9,14H2. The first-order chi connectivity index (χ1) is 11.3. The van der Waals surface area contributed by atoms with Crippen LogP contribution in [0.3, 0.4) is 0 Å². The molecule has 1 aliphatic rings. The first-order valence-corrected chi connectivity index (χ1v) is 7.87. The SMILES string of the molecule is C=Cc1ccc(C(=O)OCOC2CCCc3ccccc32)cc1. The van der Waals surface area contributed by atoms with Crippen molar-refractivity contribution >= 4 is 12.0 Å². The van der Waals surface area contributed by atoms with Gasteiger partial charge in [0.2, 0.25) is 0 Å². The molecule has 1 unspecified atom stereocenters. The molecule has 0 saturated heterocycles. The van der Waals surface area contributed by atoms with Gasteiger partial charge in [0.15, 0.2) is 6.79 Å². The van der Waals surface area contributed by atoms with E-state index in [1.807, 2.05) is 24.3 Å². The van der Waals surface area contributed by atoms with Gasteiger partial charge < -0.3 is 9.47 Å². The van der Waals surface area contributed by atoms with E-state index in [1.54, 1.807) is 18.2 Å². The lowest BCUT2D eigenvalue weighted by molar-refractivity contribution is -0.0715. The van der Waals surface area contributed by atoms with Gasteiger partial charge in [0.25, 0.3) is 0 Å². The minimum absolute atomic E-state index is 0.0101. The second-order valence-corrected chi connectivity index (χ2v) is 5.62. The molecule has 3 rings (SSSR count). The minimum atomic E-state index is -0.371. The number of aryl methyl sites for hydroxylation is 1. The molecule has 0 saturated carbocycles. The summed E-state index contributed by atoms with van der Waals surface area (Å²) in [6.07, 6.45) is 4.89. The number of ether oxygens (including phenoxy) is 2. The molecule has 0 spiro atoms. The van der Waals surface area contributed by atoms with Gasteiger partial charge in [0, 0.05) is 0 Å². The van der Waals surface area contributed by atoms with E-state index in [4.69, 9.17) is 9.47 Å². The van der Waals surface area contributed by atoms with Crippen LogP contribution in [0.1, 0.15) is 46.0 Å². The van der Waals surface area contributed by atoms with Crippen molar-refractivity contribution in [2.45, 2.75) is 25.4 Å². The lowest BCUT2D eigenvalue weighted by atomic mass is 9.89. The van der Waals surface area contributed by atoms with E-state index >= 15 is 0 Å². The minimum Gasteiger partial charge on any atom is -0.435 e. The molecule has 118 valence electrons. The van der Waals surface area contributed by atoms with Gasteiger partial charge in [-0.2, -0.15) is 0 Å². The Kier molecular flexibility index (Phi) is 4.89. The van der Waals surface area contributed by atoms with Crippen molar-refractivity contribution in [1.82, 2.24) is 0 Å². The first kappa shape index (κ1) is 15.5. The van der Waals surface area contributed by atoms with Crippen molar-refractivity contribution in [3.8, 4) is 0 Å². The summed E-state index contributed by atoms with van der Waals surface area (Å²) in [5.41, 5.74) is 4.03. The Labute approximate surface area is 136 Å². The zero-order valence-corrected chi connectivity index (χ0v) is 13.0.